The van der Waals surface area contributed by atoms with Gasteiger partial charge in [-0.15, -0.1) is 0 Å². The van der Waals surface area contributed by atoms with Crippen LogP contribution < -0.4 is 11.1 Å². The molecule has 0 heterocycles. The maximum Gasteiger partial charge on any atom is 0.282 e. The van der Waals surface area contributed by atoms with E-state index in [-0.39, 0.29) is 10.6 Å². The number of nitro benzene ring substituents is 1. The Balaban J connectivity index is 2.10. The summed E-state index contributed by atoms with van der Waals surface area (Å²) in [6, 6.07) is 5.54. The summed E-state index contributed by atoms with van der Waals surface area (Å²) < 4.78 is 0.657. The Morgan fingerprint density at radius 1 is 1.50 bits per heavy atom. The van der Waals surface area contributed by atoms with Gasteiger partial charge in [0.05, 0.1) is 8.49 Å². The SMILES string of the molecule is NCC1CCCC1Nc1ccc([N+](=O)[O-])c(I)c1. The van der Waals surface area contributed by atoms with E-state index in [1.54, 1.807) is 12.1 Å². The van der Waals surface area contributed by atoms with Crippen molar-refractivity contribution >= 4 is 34.0 Å². The molecule has 2 rings (SSSR count). The zero-order valence-corrected chi connectivity index (χ0v) is 12.1. The molecule has 1 aromatic rings. The number of nitrogens with one attached hydrogen (secondary N) is 1. The lowest BCUT2D eigenvalue weighted by Crippen LogP contribution is -2.29. The minimum atomic E-state index is -0.357. The van der Waals surface area contributed by atoms with Crippen LogP contribution in [0, 0.1) is 19.6 Å². The fraction of sp³-hybridized carbons (Fsp3) is 0.500. The number of halogens is 1. The maximum atomic E-state index is 10.7. The van der Waals surface area contributed by atoms with E-state index in [0.29, 0.717) is 22.1 Å². The van der Waals surface area contributed by atoms with E-state index in [1.807, 2.05) is 28.7 Å². The lowest BCUT2D eigenvalue weighted by Gasteiger charge is -2.20. The number of nitro groups is 1. The van der Waals surface area contributed by atoms with Crippen LogP contribution in [0.3, 0.4) is 0 Å². The lowest BCUT2D eigenvalue weighted by atomic mass is 10.0. The third-order valence-electron chi connectivity index (χ3n) is 3.46. The van der Waals surface area contributed by atoms with Gasteiger partial charge in [-0.3, -0.25) is 10.1 Å². The van der Waals surface area contributed by atoms with Gasteiger partial charge in [0.1, 0.15) is 0 Å². The van der Waals surface area contributed by atoms with Gasteiger partial charge in [0.25, 0.3) is 5.69 Å². The van der Waals surface area contributed by atoms with Crippen LogP contribution in [0.15, 0.2) is 18.2 Å². The van der Waals surface area contributed by atoms with E-state index < -0.39 is 0 Å². The number of benzene rings is 1. The summed E-state index contributed by atoms with van der Waals surface area (Å²) in [5.74, 6) is 0.512. The Kier molecular flexibility index (Phi) is 4.39. The van der Waals surface area contributed by atoms with E-state index in [1.165, 1.54) is 6.42 Å². The topological polar surface area (TPSA) is 81.2 Å². The predicted molar refractivity (Wildman–Crippen MR) is 79.6 cm³/mol. The van der Waals surface area contributed by atoms with Crippen molar-refractivity contribution in [3.05, 3.63) is 31.9 Å². The molecule has 0 bridgehead atoms. The molecule has 0 aromatic heterocycles. The molecule has 0 amide bonds. The van der Waals surface area contributed by atoms with Gasteiger partial charge in [-0.2, -0.15) is 0 Å². The van der Waals surface area contributed by atoms with Crippen molar-refractivity contribution in [1.29, 1.82) is 0 Å². The van der Waals surface area contributed by atoms with Crippen molar-refractivity contribution < 1.29 is 4.92 Å². The molecule has 1 aliphatic rings. The minimum Gasteiger partial charge on any atom is -0.382 e. The maximum absolute atomic E-state index is 10.7. The number of hydrogen-bond donors (Lipinski definition) is 2. The predicted octanol–water partition coefficient (Wildman–Crippen LogP) is 2.74. The van der Waals surface area contributed by atoms with Crippen molar-refractivity contribution in [2.75, 3.05) is 11.9 Å². The summed E-state index contributed by atoms with van der Waals surface area (Å²) >= 11 is 2.00. The fourth-order valence-electron chi connectivity index (χ4n) is 2.47. The molecular formula is C12H16IN3O2. The van der Waals surface area contributed by atoms with E-state index in [2.05, 4.69) is 5.32 Å². The molecule has 3 N–H and O–H groups in total. The number of nitrogens with zero attached hydrogens (tertiary/aromatic N) is 1. The average molecular weight is 361 g/mol. The third kappa shape index (κ3) is 2.92. The van der Waals surface area contributed by atoms with Crippen molar-refractivity contribution in [2.45, 2.75) is 25.3 Å². The zero-order chi connectivity index (χ0) is 13.1. The van der Waals surface area contributed by atoms with E-state index in [9.17, 15) is 10.1 Å². The van der Waals surface area contributed by atoms with E-state index in [0.717, 1.165) is 18.5 Å². The van der Waals surface area contributed by atoms with Gasteiger partial charge in [-0.1, -0.05) is 6.42 Å². The molecule has 0 spiro atoms. The molecule has 1 saturated carbocycles. The molecule has 98 valence electrons. The lowest BCUT2D eigenvalue weighted by molar-refractivity contribution is -0.385. The first-order valence-corrected chi connectivity index (χ1v) is 7.10. The number of nitrogens with two attached hydrogens (primary N) is 1. The molecule has 0 radical (unpaired) electrons. The van der Waals surface area contributed by atoms with Crippen LogP contribution in [0.25, 0.3) is 0 Å². The Labute approximate surface area is 119 Å². The van der Waals surface area contributed by atoms with Crippen LogP contribution in [0.5, 0.6) is 0 Å². The highest BCUT2D eigenvalue weighted by Gasteiger charge is 2.26. The van der Waals surface area contributed by atoms with Crippen LogP contribution in [-0.2, 0) is 0 Å². The number of hydrogen-bond acceptors (Lipinski definition) is 4. The second-order valence-corrected chi connectivity index (χ2v) is 5.76. The largest absolute Gasteiger partial charge is 0.382 e. The van der Waals surface area contributed by atoms with E-state index >= 15 is 0 Å². The number of rotatable bonds is 4. The summed E-state index contributed by atoms with van der Waals surface area (Å²) in [6.07, 6.45) is 3.48. The zero-order valence-electron chi connectivity index (χ0n) is 9.93. The van der Waals surface area contributed by atoms with E-state index in [4.69, 9.17) is 5.73 Å². The monoisotopic (exact) mass is 361 g/mol. The first-order chi connectivity index (χ1) is 8.61. The Morgan fingerprint density at radius 3 is 2.89 bits per heavy atom. The van der Waals surface area contributed by atoms with Crippen LogP contribution in [-0.4, -0.2) is 17.5 Å². The van der Waals surface area contributed by atoms with Gasteiger partial charge in [0.15, 0.2) is 0 Å². The summed E-state index contributed by atoms with van der Waals surface area (Å²) in [5.41, 5.74) is 6.84. The van der Waals surface area contributed by atoms with Crippen LogP contribution in [0.1, 0.15) is 19.3 Å². The minimum absolute atomic E-state index is 0.156. The summed E-state index contributed by atoms with van der Waals surface area (Å²) in [4.78, 5) is 10.4. The van der Waals surface area contributed by atoms with Crippen LogP contribution >= 0.6 is 22.6 Å². The van der Waals surface area contributed by atoms with Gasteiger partial charge in [0.2, 0.25) is 0 Å². The first kappa shape index (κ1) is 13.5. The molecule has 0 saturated heterocycles. The van der Waals surface area contributed by atoms with Gasteiger partial charge >= 0.3 is 0 Å². The highest BCUT2D eigenvalue weighted by atomic mass is 127. The second kappa shape index (κ2) is 5.83. The molecule has 2 unspecified atom stereocenters. The highest BCUT2D eigenvalue weighted by Crippen LogP contribution is 2.30. The van der Waals surface area contributed by atoms with Gasteiger partial charge < -0.3 is 11.1 Å². The van der Waals surface area contributed by atoms with Gasteiger partial charge in [-0.25, -0.2) is 0 Å². The quantitative estimate of drug-likeness (QED) is 0.491. The second-order valence-electron chi connectivity index (χ2n) is 4.60. The molecule has 18 heavy (non-hydrogen) atoms. The molecule has 5 nitrogen and oxygen atoms in total. The summed E-state index contributed by atoms with van der Waals surface area (Å²) in [7, 11) is 0. The van der Waals surface area contributed by atoms with Crippen molar-refractivity contribution in [3.8, 4) is 0 Å². The molecule has 6 heteroatoms. The summed E-state index contributed by atoms with van der Waals surface area (Å²) in [6.45, 7) is 0.696. The van der Waals surface area contributed by atoms with Crippen LogP contribution in [0.2, 0.25) is 0 Å². The molecule has 1 aliphatic carbocycles. The smallest absolute Gasteiger partial charge is 0.282 e. The third-order valence-corrected chi connectivity index (χ3v) is 4.32. The molecule has 1 aromatic carbocycles. The van der Waals surface area contributed by atoms with Crippen molar-refractivity contribution in [1.82, 2.24) is 0 Å². The molecule has 0 aliphatic heterocycles. The normalized spacial score (nSPS) is 23.0. The Bertz CT molecular complexity index is 453. The standard InChI is InChI=1S/C12H16IN3O2/c13-10-6-9(4-5-12(10)16(17)18)15-11-3-1-2-8(11)7-14/h4-6,8,11,15H,1-3,7,14H2. The van der Waals surface area contributed by atoms with Gasteiger partial charge in [-0.05, 0) is 60.0 Å². The van der Waals surface area contributed by atoms with Crippen molar-refractivity contribution in [3.63, 3.8) is 0 Å². The molecule has 2 atom stereocenters. The number of anilines is 1. The Morgan fingerprint density at radius 2 is 2.28 bits per heavy atom. The van der Waals surface area contributed by atoms with Gasteiger partial charge in [0, 0.05) is 17.8 Å². The molecular weight excluding hydrogens is 345 g/mol. The highest BCUT2D eigenvalue weighted by molar-refractivity contribution is 14.1. The molecule has 1 fully saturated rings. The van der Waals surface area contributed by atoms with Crippen molar-refractivity contribution in [2.24, 2.45) is 11.7 Å². The van der Waals surface area contributed by atoms with Crippen LogP contribution in [0.4, 0.5) is 11.4 Å². The Hall–Kier alpha value is -0.890. The first-order valence-electron chi connectivity index (χ1n) is 6.02. The average Bonchev–Trinajstić information content (AvgIpc) is 2.76. The summed E-state index contributed by atoms with van der Waals surface area (Å²) in [5, 5.41) is 14.2. The fourth-order valence-corrected chi connectivity index (χ4v) is 3.18.